The molecule has 1 aliphatic heterocycles. The van der Waals surface area contributed by atoms with Crippen LogP contribution in [0.5, 0.6) is 0 Å². The van der Waals surface area contributed by atoms with Crippen molar-refractivity contribution >= 4 is 29.0 Å². The first-order valence-corrected chi connectivity index (χ1v) is 9.20. The van der Waals surface area contributed by atoms with Gasteiger partial charge in [0.1, 0.15) is 0 Å². The van der Waals surface area contributed by atoms with Crippen LogP contribution >= 0.6 is 23.2 Å². The number of benzene rings is 1. The van der Waals surface area contributed by atoms with Gasteiger partial charge in [0.2, 0.25) is 0 Å². The topological polar surface area (TPSA) is 45.5 Å². The quantitative estimate of drug-likeness (QED) is 0.814. The van der Waals surface area contributed by atoms with Crippen molar-refractivity contribution in [3.63, 3.8) is 0 Å². The van der Waals surface area contributed by atoms with E-state index in [1.165, 1.54) is 0 Å². The van der Waals surface area contributed by atoms with E-state index in [1.807, 2.05) is 36.6 Å². The summed E-state index contributed by atoms with van der Waals surface area (Å²) in [5.41, 5.74) is 3.43. The predicted octanol–water partition coefficient (Wildman–Crippen LogP) is 4.04. The lowest BCUT2D eigenvalue weighted by Gasteiger charge is -2.28. The summed E-state index contributed by atoms with van der Waals surface area (Å²) in [6, 6.07) is 7.30. The average Bonchev–Trinajstić information content (AvgIpc) is 2.83. The lowest BCUT2D eigenvalue weighted by Crippen LogP contribution is -2.39. The van der Waals surface area contributed by atoms with E-state index >= 15 is 0 Å². The number of aromatic nitrogens is 1. The molecule has 1 N–H and O–H groups in total. The number of piperidine rings is 1. The van der Waals surface area contributed by atoms with Crippen LogP contribution in [0.1, 0.15) is 34.6 Å². The van der Waals surface area contributed by atoms with Crippen LogP contribution in [0.3, 0.4) is 0 Å². The molecule has 6 heteroatoms. The number of likely N-dealkylation sites (tertiary alicyclic amines) is 1. The molecule has 0 spiro atoms. The van der Waals surface area contributed by atoms with E-state index in [2.05, 4.69) is 4.90 Å². The molecule has 0 atom stereocenters. The standard InChI is InChI=1S/C19H22Cl2N2O2/c1-12-7-18(19(25)11-22-5-3-17(24)4-6-22)13(2)23(12)16-9-14(20)8-15(21)10-16/h7-10,17,24H,3-6,11H2,1-2H3. The number of hydrogen-bond donors (Lipinski definition) is 1. The van der Waals surface area contributed by atoms with Crippen molar-refractivity contribution in [1.29, 1.82) is 0 Å². The van der Waals surface area contributed by atoms with Crippen LogP contribution < -0.4 is 0 Å². The molecule has 1 saturated heterocycles. The second-order valence-corrected chi connectivity index (χ2v) is 7.55. The predicted molar refractivity (Wildman–Crippen MR) is 101 cm³/mol. The van der Waals surface area contributed by atoms with Crippen molar-refractivity contribution < 1.29 is 9.90 Å². The Hall–Kier alpha value is -1.33. The molecule has 3 rings (SSSR count). The Labute approximate surface area is 158 Å². The number of aliphatic hydroxyl groups is 1. The van der Waals surface area contributed by atoms with Gasteiger partial charge < -0.3 is 9.67 Å². The van der Waals surface area contributed by atoms with Gasteiger partial charge in [0.25, 0.3) is 0 Å². The fraction of sp³-hybridized carbons (Fsp3) is 0.421. The summed E-state index contributed by atoms with van der Waals surface area (Å²) in [6.07, 6.45) is 1.23. The minimum absolute atomic E-state index is 0.101. The second-order valence-electron chi connectivity index (χ2n) is 6.68. The van der Waals surface area contributed by atoms with Crippen molar-refractivity contribution in [2.24, 2.45) is 0 Å². The Morgan fingerprint density at radius 3 is 2.32 bits per heavy atom. The van der Waals surface area contributed by atoms with Crippen LogP contribution in [0.4, 0.5) is 0 Å². The Bertz CT molecular complexity index is 773. The summed E-state index contributed by atoms with van der Waals surface area (Å²) in [6.45, 7) is 5.81. The molecule has 134 valence electrons. The number of ketones is 1. The summed E-state index contributed by atoms with van der Waals surface area (Å²) in [7, 11) is 0. The monoisotopic (exact) mass is 380 g/mol. The number of hydrogen-bond acceptors (Lipinski definition) is 3. The van der Waals surface area contributed by atoms with Gasteiger partial charge in [-0.15, -0.1) is 0 Å². The third-order valence-electron chi connectivity index (χ3n) is 4.76. The summed E-state index contributed by atoms with van der Waals surface area (Å²) in [4.78, 5) is 14.9. The first kappa shape index (κ1) is 18.5. The summed E-state index contributed by atoms with van der Waals surface area (Å²) < 4.78 is 2.00. The highest BCUT2D eigenvalue weighted by Gasteiger charge is 2.22. The first-order chi connectivity index (χ1) is 11.8. The second kappa shape index (κ2) is 7.50. The highest BCUT2D eigenvalue weighted by atomic mass is 35.5. The van der Waals surface area contributed by atoms with E-state index in [4.69, 9.17) is 23.2 Å². The van der Waals surface area contributed by atoms with Gasteiger partial charge in [0, 0.05) is 45.8 Å². The first-order valence-electron chi connectivity index (χ1n) is 8.44. The lowest BCUT2D eigenvalue weighted by atomic mass is 10.1. The van der Waals surface area contributed by atoms with Gasteiger partial charge in [-0.25, -0.2) is 0 Å². The molecule has 0 aliphatic carbocycles. The molecule has 0 saturated carbocycles. The Morgan fingerprint density at radius 2 is 1.72 bits per heavy atom. The van der Waals surface area contributed by atoms with Crippen LogP contribution in [0.25, 0.3) is 5.69 Å². The molecule has 25 heavy (non-hydrogen) atoms. The van der Waals surface area contributed by atoms with Gasteiger partial charge in [-0.3, -0.25) is 9.69 Å². The van der Waals surface area contributed by atoms with Gasteiger partial charge >= 0.3 is 0 Å². The molecule has 0 bridgehead atoms. The number of nitrogens with zero attached hydrogens (tertiary/aromatic N) is 2. The van der Waals surface area contributed by atoms with Crippen LogP contribution in [0.2, 0.25) is 10.0 Å². The van der Waals surface area contributed by atoms with Gasteiger partial charge in [-0.1, -0.05) is 23.2 Å². The molecule has 4 nitrogen and oxygen atoms in total. The third-order valence-corrected chi connectivity index (χ3v) is 5.20. The maximum Gasteiger partial charge on any atom is 0.178 e. The van der Waals surface area contributed by atoms with Crippen molar-refractivity contribution in [2.75, 3.05) is 19.6 Å². The average molecular weight is 381 g/mol. The molecule has 0 amide bonds. The Morgan fingerprint density at radius 1 is 1.12 bits per heavy atom. The molecule has 1 aromatic carbocycles. The number of halogens is 2. The molecule has 2 heterocycles. The zero-order chi connectivity index (χ0) is 18.1. The fourth-order valence-electron chi connectivity index (χ4n) is 3.48. The maximum atomic E-state index is 12.8. The van der Waals surface area contributed by atoms with Crippen molar-refractivity contribution in [3.05, 3.63) is 51.3 Å². The van der Waals surface area contributed by atoms with Crippen molar-refractivity contribution in [3.8, 4) is 5.69 Å². The molecular formula is C19H22Cl2N2O2. The number of carbonyl (C=O) groups excluding carboxylic acids is 1. The minimum atomic E-state index is -0.232. The van der Waals surface area contributed by atoms with Gasteiger partial charge in [-0.2, -0.15) is 0 Å². The van der Waals surface area contributed by atoms with Crippen LogP contribution in [0.15, 0.2) is 24.3 Å². The molecule has 2 aromatic rings. The lowest BCUT2D eigenvalue weighted by molar-refractivity contribution is 0.0710. The highest BCUT2D eigenvalue weighted by molar-refractivity contribution is 6.34. The Kier molecular flexibility index (Phi) is 5.54. The zero-order valence-corrected chi connectivity index (χ0v) is 15.9. The van der Waals surface area contributed by atoms with Gasteiger partial charge in [0.05, 0.1) is 12.6 Å². The molecule has 1 aromatic heterocycles. The molecule has 1 fully saturated rings. The van der Waals surface area contributed by atoms with E-state index < -0.39 is 0 Å². The molecule has 0 radical (unpaired) electrons. The summed E-state index contributed by atoms with van der Waals surface area (Å²) in [5.74, 6) is 0.101. The summed E-state index contributed by atoms with van der Waals surface area (Å²) >= 11 is 12.2. The van der Waals surface area contributed by atoms with E-state index in [0.29, 0.717) is 16.6 Å². The van der Waals surface area contributed by atoms with E-state index in [0.717, 1.165) is 48.6 Å². The van der Waals surface area contributed by atoms with E-state index in [-0.39, 0.29) is 11.9 Å². The Balaban J connectivity index is 1.85. The van der Waals surface area contributed by atoms with Crippen LogP contribution in [0, 0.1) is 13.8 Å². The number of Topliss-reactive ketones (excluding diaryl/α,β-unsaturated/α-hetero) is 1. The van der Waals surface area contributed by atoms with E-state index in [9.17, 15) is 9.90 Å². The zero-order valence-electron chi connectivity index (χ0n) is 14.4. The highest BCUT2D eigenvalue weighted by Crippen LogP contribution is 2.27. The minimum Gasteiger partial charge on any atom is -0.393 e. The molecular weight excluding hydrogens is 359 g/mol. The number of aryl methyl sites for hydroxylation is 1. The molecule has 1 aliphatic rings. The van der Waals surface area contributed by atoms with Crippen molar-refractivity contribution in [2.45, 2.75) is 32.8 Å². The van der Waals surface area contributed by atoms with Crippen LogP contribution in [-0.4, -0.2) is 46.1 Å². The van der Waals surface area contributed by atoms with E-state index in [1.54, 1.807) is 6.07 Å². The number of aliphatic hydroxyl groups excluding tert-OH is 1. The van der Waals surface area contributed by atoms with Crippen LogP contribution in [-0.2, 0) is 0 Å². The largest absolute Gasteiger partial charge is 0.393 e. The molecule has 0 unspecified atom stereocenters. The fourth-order valence-corrected chi connectivity index (χ4v) is 3.99. The van der Waals surface area contributed by atoms with Gasteiger partial charge in [-0.05, 0) is 51.0 Å². The number of carbonyl (C=O) groups is 1. The number of rotatable bonds is 4. The summed E-state index contributed by atoms with van der Waals surface area (Å²) in [5, 5.41) is 10.7. The van der Waals surface area contributed by atoms with Crippen molar-refractivity contribution in [1.82, 2.24) is 9.47 Å². The third kappa shape index (κ3) is 4.09. The van der Waals surface area contributed by atoms with Gasteiger partial charge in [0.15, 0.2) is 5.78 Å². The maximum absolute atomic E-state index is 12.8. The SMILES string of the molecule is Cc1cc(C(=O)CN2CCC(O)CC2)c(C)n1-c1cc(Cl)cc(Cl)c1. The smallest absolute Gasteiger partial charge is 0.178 e. The normalized spacial score (nSPS) is 16.4.